The third-order valence-electron chi connectivity index (χ3n) is 2.76. The fourth-order valence-corrected chi connectivity index (χ4v) is 1.74. The number of ether oxygens (including phenoxy) is 1. The van der Waals surface area contributed by atoms with Crippen LogP contribution in [0.5, 0.6) is 0 Å². The van der Waals surface area contributed by atoms with Crippen molar-refractivity contribution in [1.82, 2.24) is 5.32 Å². The van der Waals surface area contributed by atoms with Crippen LogP contribution in [-0.2, 0) is 14.3 Å². The van der Waals surface area contributed by atoms with Crippen LogP contribution in [0.2, 0.25) is 0 Å². The number of hydrogen-bond acceptors (Lipinski definition) is 3. The molecule has 0 saturated heterocycles. The lowest BCUT2D eigenvalue weighted by Crippen LogP contribution is -2.22. The van der Waals surface area contributed by atoms with Gasteiger partial charge in [-0.1, -0.05) is 32.6 Å². The summed E-state index contributed by atoms with van der Waals surface area (Å²) in [4.78, 5) is 22.1. The van der Waals surface area contributed by atoms with Crippen LogP contribution >= 0.6 is 0 Å². The molecule has 0 aliphatic rings. The number of hydrogen-bond donors (Lipinski definition) is 1. The van der Waals surface area contributed by atoms with E-state index in [1.54, 1.807) is 6.92 Å². The highest BCUT2D eigenvalue weighted by Crippen LogP contribution is 2.13. The number of nitrogens with one attached hydrogen (secondary N) is 1. The third-order valence-corrected chi connectivity index (χ3v) is 2.76. The fourth-order valence-electron chi connectivity index (χ4n) is 1.74. The van der Waals surface area contributed by atoms with E-state index in [0.29, 0.717) is 18.7 Å². The van der Waals surface area contributed by atoms with Crippen LogP contribution in [0.3, 0.4) is 0 Å². The Kier molecular flexibility index (Phi) is 10.0. The summed E-state index contributed by atoms with van der Waals surface area (Å²) in [6.45, 7) is 6.10. The van der Waals surface area contributed by atoms with Gasteiger partial charge in [0, 0.05) is 0 Å². The summed E-state index contributed by atoms with van der Waals surface area (Å²) in [7, 11) is 0. The van der Waals surface area contributed by atoms with Gasteiger partial charge in [0.05, 0.1) is 6.61 Å². The van der Waals surface area contributed by atoms with Gasteiger partial charge in [-0.05, 0) is 32.3 Å². The Morgan fingerprint density at radius 3 is 2.39 bits per heavy atom. The van der Waals surface area contributed by atoms with Gasteiger partial charge >= 0.3 is 5.97 Å². The van der Waals surface area contributed by atoms with Crippen molar-refractivity contribution in [3.63, 3.8) is 0 Å². The molecule has 0 radical (unpaired) electrons. The number of esters is 1. The molecule has 0 aromatic heterocycles. The summed E-state index contributed by atoms with van der Waals surface area (Å²) in [6.07, 6.45) is 7.22. The molecule has 1 amide bonds. The van der Waals surface area contributed by atoms with Gasteiger partial charge in [0.25, 0.3) is 0 Å². The lowest BCUT2D eigenvalue weighted by Gasteiger charge is -2.10. The van der Waals surface area contributed by atoms with E-state index in [1.807, 2.05) is 6.92 Å². The van der Waals surface area contributed by atoms with E-state index in [0.717, 1.165) is 24.8 Å². The first-order valence-corrected chi connectivity index (χ1v) is 6.74. The first-order valence-electron chi connectivity index (χ1n) is 6.74. The van der Waals surface area contributed by atoms with Crippen molar-refractivity contribution in [2.45, 2.75) is 59.3 Å². The molecule has 0 spiro atoms. The predicted molar refractivity (Wildman–Crippen MR) is 71.9 cm³/mol. The van der Waals surface area contributed by atoms with Crippen molar-refractivity contribution in [3.8, 4) is 0 Å². The maximum Gasteiger partial charge on any atom is 0.354 e. The second-order valence-electron chi connectivity index (χ2n) is 4.30. The van der Waals surface area contributed by atoms with Crippen LogP contribution in [0, 0.1) is 0 Å². The van der Waals surface area contributed by atoms with E-state index >= 15 is 0 Å². The summed E-state index contributed by atoms with van der Waals surface area (Å²) < 4.78 is 4.90. The van der Waals surface area contributed by atoms with E-state index in [9.17, 15) is 9.59 Å². The van der Waals surface area contributed by atoms with Crippen LogP contribution in [-0.4, -0.2) is 19.0 Å². The van der Waals surface area contributed by atoms with Gasteiger partial charge in [0.15, 0.2) is 0 Å². The molecule has 0 rings (SSSR count). The van der Waals surface area contributed by atoms with Gasteiger partial charge in [-0.3, -0.25) is 4.79 Å². The number of amides is 1. The van der Waals surface area contributed by atoms with E-state index in [4.69, 9.17) is 4.74 Å². The Labute approximate surface area is 110 Å². The van der Waals surface area contributed by atoms with E-state index in [-0.39, 0.29) is 0 Å². The van der Waals surface area contributed by atoms with E-state index in [1.165, 1.54) is 19.3 Å². The van der Waals surface area contributed by atoms with Gasteiger partial charge in [-0.15, -0.1) is 0 Å². The minimum absolute atomic E-state index is 0.294. The molecule has 0 aromatic rings. The SMILES string of the molecule is CCCCCCC/C(C)=C(\NC=O)C(=O)OCC. The van der Waals surface area contributed by atoms with Gasteiger partial charge in [-0.25, -0.2) is 4.79 Å². The molecule has 0 aliphatic heterocycles. The topological polar surface area (TPSA) is 55.4 Å². The van der Waals surface area contributed by atoms with Crippen LogP contribution in [0.15, 0.2) is 11.3 Å². The summed E-state index contributed by atoms with van der Waals surface area (Å²) >= 11 is 0. The van der Waals surface area contributed by atoms with Crippen molar-refractivity contribution in [2.24, 2.45) is 0 Å². The molecule has 1 N–H and O–H groups in total. The Bertz CT molecular complexity index is 285. The number of carbonyl (C=O) groups excluding carboxylic acids is 2. The number of carbonyl (C=O) groups is 2. The second-order valence-corrected chi connectivity index (χ2v) is 4.30. The monoisotopic (exact) mass is 255 g/mol. The smallest absolute Gasteiger partial charge is 0.354 e. The Hall–Kier alpha value is -1.32. The molecule has 4 heteroatoms. The summed E-state index contributed by atoms with van der Waals surface area (Å²) in [5, 5.41) is 2.44. The van der Waals surface area contributed by atoms with E-state index in [2.05, 4.69) is 12.2 Å². The number of unbranched alkanes of at least 4 members (excludes halogenated alkanes) is 4. The lowest BCUT2D eigenvalue weighted by molar-refractivity contribution is -0.139. The molecule has 0 bridgehead atoms. The molecule has 0 saturated carbocycles. The van der Waals surface area contributed by atoms with Gasteiger partial charge in [0.2, 0.25) is 6.41 Å². The average molecular weight is 255 g/mol. The summed E-state index contributed by atoms with van der Waals surface area (Å²) in [6, 6.07) is 0. The van der Waals surface area contributed by atoms with Crippen molar-refractivity contribution in [3.05, 3.63) is 11.3 Å². The Balaban J connectivity index is 4.29. The number of allylic oxidation sites excluding steroid dienone is 1. The first-order chi connectivity index (χ1) is 8.67. The molecule has 0 aromatic carbocycles. The third kappa shape index (κ3) is 7.09. The largest absolute Gasteiger partial charge is 0.461 e. The maximum absolute atomic E-state index is 11.6. The van der Waals surface area contributed by atoms with Gasteiger partial charge in [-0.2, -0.15) is 0 Å². The van der Waals surface area contributed by atoms with Crippen LogP contribution in [0.4, 0.5) is 0 Å². The predicted octanol–water partition coefficient (Wildman–Crippen LogP) is 2.93. The van der Waals surface area contributed by atoms with Crippen LogP contribution in [0.25, 0.3) is 0 Å². The molecule has 0 fully saturated rings. The minimum Gasteiger partial charge on any atom is -0.461 e. The fraction of sp³-hybridized carbons (Fsp3) is 0.714. The highest BCUT2D eigenvalue weighted by Gasteiger charge is 2.13. The maximum atomic E-state index is 11.6. The molecule has 0 atom stereocenters. The molecule has 0 unspecified atom stereocenters. The molecular formula is C14H25NO3. The molecule has 18 heavy (non-hydrogen) atoms. The molecule has 0 heterocycles. The summed E-state index contributed by atoms with van der Waals surface area (Å²) in [5.41, 5.74) is 1.18. The normalized spacial score (nSPS) is 11.7. The highest BCUT2D eigenvalue weighted by atomic mass is 16.5. The number of rotatable bonds is 10. The van der Waals surface area contributed by atoms with Crippen molar-refractivity contribution < 1.29 is 14.3 Å². The molecule has 4 nitrogen and oxygen atoms in total. The Morgan fingerprint density at radius 1 is 1.17 bits per heavy atom. The van der Waals surface area contributed by atoms with Gasteiger partial charge in [0.1, 0.15) is 5.70 Å². The minimum atomic E-state index is -0.448. The summed E-state index contributed by atoms with van der Waals surface area (Å²) in [5.74, 6) is -0.448. The van der Waals surface area contributed by atoms with Crippen molar-refractivity contribution in [1.29, 1.82) is 0 Å². The quantitative estimate of drug-likeness (QED) is 0.282. The van der Waals surface area contributed by atoms with Crippen LogP contribution in [0.1, 0.15) is 59.3 Å². The van der Waals surface area contributed by atoms with Crippen LogP contribution < -0.4 is 5.32 Å². The zero-order chi connectivity index (χ0) is 13.8. The average Bonchev–Trinajstić information content (AvgIpc) is 2.35. The van der Waals surface area contributed by atoms with Crippen molar-refractivity contribution in [2.75, 3.05) is 6.61 Å². The van der Waals surface area contributed by atoms with Gasteiger partial charge < -0.3 is 10.1 Å². The standard InChI is InChI=1S/C14H25NO3/c1-4-6-7-8-9-10-12(3)13(15-11-16)14(17)18-5-2/h11H,4-10H2,1-3H3,(H,15,16)/b13-12-. The lowest BCUT2D eigenvalue weighted by atomic mass is 10.1. The van der Waals surface area contributed by atoms with E-state index < -0.39 is 5.97 Å². The zero-order valence-corrected chi connectivity index (χ0v) is 11.8. The highest BCUT2D eigenvalue weighted by molar-refractivity contribution is 5.90. The zero-order valence-electron chi connectivity index (χ0n) is 11.8. The molecule has 0 aliphatic carbocycles. The molecule has 104 valence electrons. The van der Waals surface area contributed by atoms with Crippen molar-refractivity contribution >= 4 is 12.4 Å². The molecular weight excluding hydrogens is 230 g/mol. The first kappa shape index (κ1) is 16.7. The second kappa shape index (κ2) is 10.8. The Morgan fingerprint density at radius 2 is 1.83 bits per heavy atom.